The van der Waals surface area contributed by atoms with Gasteiger partial charge in [0, 0.05) is 11.1 Å². The SMILES string of the molecule is COc1c(C2(N)CCCCC2)ccc2c1CCCC2. The van der Waals surface area contributed by atoms with Gasteiger partial charge in [-0.25, -0.2) is 0 Å². The largest absolute Gasteiger partial charge is 0.496 e. The molecule has 19 heavy (non-hydrogen) atoms. The van der Waals surface area contributed by atoms with Crippen LogP contribution in [0.1, 0.15) is 61.6 Å². The Hall–Kier alpha value is -1.02. The zero-order valence-electron chi connectivity index (χ0n) is 12.0. The monoisotopic (exact) mass is 259 g/mol. The van der Waals surface area contributed by atoms with E-state index in [0.29, 0.717) is 0 Å². The molecule has 2 nitrogen and oxygen atoms in total. The van der Waals surface area contributed by atoms with Crippen LogP contribution in [0, 0.1) is 0 Å². The lowest BCUT2D eigenvalue weighted by atomic mass is 9.75. The summed E-state index contributed by atoms with van der Waals surface area (Å²) in [7, 11) is 1.81. The first-order chi connectivity index (χ1) is 9.24. The van der Waals surface area contributed by atoms with Crippen LogP contribution < -0.4 is 10.5 Å². The fourth-order valence-electron chi connectivity index (χ4n) is 3.87. The fraction of sp³-hybridized carbons (Fsp3) is 0.647. The van der Waals surface area contributed by atoms with Crippen LogP contribution in [0.4, 0.5) is 0 Å². The molecule has 0 amide bonds. The Morgan fingerprint density at radius 2 is 1.74 bits per heavy atom. The van der Waals surface area contributed by atoms with Crippen LogP contribution in [0.15, 0.2) is 12.1 Å². The normalized spacial score (nSPS) is 21.8. The molecular formula is C17H25NO. The van der Waals surface area contributed by atoms with Gasteiger partial charge in [0.15, 0.2) is 0 Å². The van der Waals surface area contributed by atoms with Gasteiger partial charge in [-0.2, -0.15) is 0 Å². The zero-order chi connectivity index (χ0) is 13.3. The van der Waals surface area contributed by atoms with Crippen molar-refractivity contribution in [3.63, 3.8) is 0 Å². The van der Waals surface area contributed by atoms with Gasteiger partial charge in [0.25, 0.3) is 0 Å². The van der Waals surface area contributed by atoms with Gasteiger partial charge >= 0.3 is 0 Å². The minimum Gasteiger partial charge on any atom is -0.496 e. The maximum absolute atomic E-state index is 6.71. The third-order valence-electron chi connectivity index (χ3n) is 4.97. The summed E-state index contributed by atoms with van der Waals surface area (Å²) in [6, 6.07) is 4.55. The van der Waals surface area contributed by atoms with Crippen molar-refractivity contribution in [3.05, 3.63) is 28.8 Å². The molecule has 0 spiro atoms. The van der Waals surface area contributed by atoms with Crippen LogP contribution in [0.2, 0.25) is 0 Å². The maximum Gasteiger partial charge on any atom is 0.127 e. The van der Waals surface area contributed by atoms with Crippen LogP contribution in [0.5, 0.6) is 5.75 Å². The van der Waals surface area contributed by atoms with E-state index in [1.165, 1.54) is 55.2 Å². The lowest BCUT2D eigenvalue weighted by Crippen LogP contribution is -2.39. The van der Waals surface area contributed by atoms with E-state index in [1.807, 2.05) is 0 Å². The van der Waals surface area contributed by atoms with Gasteiger partial charge in [-0.05, 0) is 49.7 Å². The van der Waals surface area contributed by atoms with Crippen molar-refractivity contribution < 1.29 is 4.74 Å². The van der Waals surface area contributed by atoms with E-state index in [1.54, 1.807) is 7.11 Å². The summed E-state index contributed by atoms with van der Waals surface area (Å²) in [6.07, 6.45) is 11.0. The minimum atomic E-state index is -0.157. The van der Waals surface area contributed by atoms with Crippen molar-refractivity contribution in [2.45, 2.75) is 63.3 Å². The van der Waals surface area contributed by atoms with Crippen LogP contribution >= 0.6 is 0 Å². The molecule has 0 radical (unpaired) electrons. The molecule has 1 aromatic rings. The Bertz CT molecular complexity index is 461. The fourth-order valence-corrected chi connectivity index (χ4v) is 3.87. The molecule has 1 aromatic carbocycles. The molecule has 2 aliphatic rings. The van der Waals surface area contributed by atoms with Crippen LogP contribution in [0.25, 0.3) is 0 Å². The lowest BCUT2D eigenvalue weighted by molar-refractivity contribution is 0.287. The lowest BCUT2D eigenvalue weighted by Gasteiger charge is -2.36. The summed E-state index contributed by atoms with van der Waals surface area (Å²) in [5.74, 6) is 1.10. The third-order valence-corrected chi connectivity index (χ3v) is 4.97. The Kier molecular flexibility index (Phi) is 3.53. The second-order valence-corrected chi connectivity index (χ2v) is 6.21. The molecule has 1 fully saturated rings. The molecular weight excluding hydrogens is 234 g/mol. The second kappa shape index (κ2) is 5.16. The van der Waals surface area contributed by atoms with Crippen molar-refractivity contribution in [1.29, 1.82) is 0 Å². The molecule has 0 atom stereocenters. The zero-order valence-corrected chi connectivity index (χ0v) is 12.0. The van der Waals surface area contributed by atoms with Crippen molar-refractivity contribution in [1.82, 2.24) is 0 Å². The first-order valence-electron chi connectivity index (χ1n) is 7.73. The number of fused-ring (bicyclic) bond motifs is 1. The molecule has 3 rings (SSSR count). The summed E-state index contributed by atoms with van der Waals surface area (Å²) in [4.78, 5) is 0. The second-order valence-electron chi connectivity index (χ2n) is 6.21. The maximum atomic E-state index is 6.71. The van der Waals surface area contributed by atoms with E-state index in [0.717, 1.165) is 25.0 Å². The molecule has 104 valence electrons. The summed E-state index contributed by atoms with van der Waals surface area (Å²) >= 11 is 0. The molecule has 0 heterocycles. The minimum absolute atomic E-state index is 0.157. The van der Waals surface area contributed by atoms with E-state index < -0.39 is 0 Å². The predicted octanol–water partition coefficient (Wildman–Crippen LogP) is 3.69. The van der Waals surface area contributed by atoms with Crippen LogP contribution in [0.3, 0.4) is 0 Å². The predicted molar refractivity (Wildman–Crippen MR) is 78.6 cm³/mol. The highest BCUT2D eigenvalue weighted by Gasteiger charge is 2.33. The van der Waals surface area contributed by atoms with Gasteiger partial charge in [0.1, 0.15) is 5.75 Å². The summed E-state index contributed by atoms with van der Waals surface area (Å²) in [5, 5.41) is 0. The van der Waals surface area contributed by atoms with E-state index in [2.05, 4.69) is 12.1 Å². The van der Waals surface area contributed by atoms with E-state index in [-0.39, 0.29) is 5.54 Å². The Morgan fingerprint density at radius 1 is 1.00 bits per heavy atom. The van der Waals surface area contributed by atoms with Crippen LogP contribution in [-0.4, -0.2) is 7.11 Å². The van der Waals surface area contributed by atoms with E-state index in [4.69, 9.17) is 10.5 Å². The molecule has 0 saturated heterocycles. The molecule has 2 N–H and O–H groups in total. The Balaban J connectivity index is 2.05. The number of hydrogen-bond donors (Lipinski definition) is 1. The Morgan fingerprint density at radius 3 is 2.47 bits per heavy atom. The van der Waals surface area contributed by atoms with Gasteiger partial charge in [0.05, 0.1) is 7.11 Å². The van der Waals surface area contributed by atoms with Gasteiger partial charge in [-0.3, -0.25) is 0 Å². The van der Waals surface area contributed by atoms with Crippen molar-refractivity contribution >= 4 is 0 Å². The van der Waals surface area contributed by atoms with Crippen molar-refractivity contribution in [3.8, 4) is 5.75 Å². The standard InChI is InChI=1S/C17H25NO/c1-19-16-14-8-4-3-7-13(14)9-10-15(16)17(18)11-5-2-6-12-17/h9-10H,2-8,11-12,18H2,1H3. The first-order valence-corrected chi connectivity index (χ1v) is 7.73. The molecule has 2 heteroatoms. The third kappa shape index (κ3) is 2.27. The molecule has 0 bridgehead atoms. The van der Waals surface area contributed by atoms with Gasteiger partial charge in [-0.1, -0.05) is 31.4 Å². The number of hydrogen-bond acceptors (Lipinski definition) is 2. The average Bonchev–Trinajstić information content (AvgIpc) is 2.46. The van der Waals surface area contributed by atoms with Crippen molar-refractivity contribution in [2.24, 2.45) is 5.73 Å². The molecule has 0 unspecified atom stereocenters. The van der Waals surface area contributed by atoms with Gasteiger partial charge in [0.2, 0.25) is 0 Å². The first kappa shape index (κ1) is 13.0. The van der Waals surface area contributed by atoms with E-state index >= 15 is 0 Å². The quantitative estimate of drug-likeness (QED) is 0.879. The number of rotatable bonds is 2. The molecule has 0 aromatic heterocycles. The summed E-state index contributed by atoms with van der Waals surface area (Å²) in [6.45, 7) is 0. The highest BCUT2D eigenvalue weighted by atomic mass is 16.5. The van der Waals surface area contributed by atoms with Crippen molar-refractivity contribution in [2.75, 3.05) is 7.11 Å². The number of ether oxygens (including phenoxy) is 1. The number of nitrogens with two attached hydrogens (primary N) is 1. The van der Waals surface area contributed by atoms with E-state index in [9.17, 15) is 0 Å². The number of benzene rings is 1. The molecule has 2 aliphatic carbocycles. The molecule has 1 saturated carbocycles. The summed E-state index contributed by atoms with van der Waals surface area (Å²) in [5.41, 5.74) is 10.7. The average molecular weight is 259 g/mol. The van der Waals surface area contributed by atoms with Crippen LogP contribution in [-0.2, 0) is 18.4 Å². The smallest absolute Gasteiger partial charge is 0.127 e. The van der Waals surface area contributed by atoms with Gasteiger partial charge in [-0.15, -0.1) is 0 Å². The highest BCUT2D eigenvalue weighted by Crippen LogP contribution is 2.42. The van der Waals surface area contributed by atoms with Gasteiger partial charge < -0.3 is 10.5 Å². The topological polar surface area (TPSA) is 35.2 Å². The highest BCUT2D eigenvalue weighted by molar-refractivity contribution is 5.50. The molecule has 0 aliphatic heterocycles. The number of aryl methyl sites for hydroxylation is 1. The number of methoxy groups -OCH3 is 1. The summed E-state index contributed by atoms with van der Waals surface area (Å²) < 4.78 is 5.78. The Labute approximate surface area is 116 Å².